The first-order valence-electron chi connectivity index (χ1n) is 7.69. The van der Waals surface area contributed by atoms with E-state index in [4.69, 9.17) is 9.15 Å². The lowest BCUT2D eigenvalue weighted by atomic mass is 9.85. The molecule has 2 aliphatic rings. The second-order valence-electron chi connectivity index (χ2n) is 6.00. The zero-order valence-corrected chi connectivity index (χ0v) is 14.1. The lowest BCUT2D eigenvalue weighted by Gasteiger charge is -2.29. The fourth-order valence-corrected chi connectivity index (χ4v) is 2.84. The molecule has 0 amide bonds. The highest BCUT2D eigenvalue weighted by molar-refractivity contribution is 6.23. The molecule has 3 rings (SSSR count). The number of allylic oxidation sites excluding steroid dienone is 8. The van der Waals surface area contributed by atoms with E-state index in [1.165, 1.54) is 0 Å². The molecule has 0 N–H and O–H groups in total. The predicted molar refractivity (Wildman–Crippen MR) is 89.3 cm³/mol. The number of Topliss-reactive ketones (excluding diaryl/α,β-unsaturated/α-hetero) is 1. The van der Waals surface area contributed by atoms with E-state index in [9.17, 15) is 9.90 Å². The van der Waals surface area contributed by atoms with Gasteiger partial charge in [-0.3, -0.25) is 4.79 Å². The Morgan fingerprint density at radius 3 is 2.12 bits per heavy atom. The summed E-state index contributed by atoms with van der Waals surface area (Å²) in [6, 6.07) is 3.60. The molecule has 1 aromatic rings. The second-order valence-corrected chi connectivity index (χ2v) is 6.00. The summed E-state index contributed by atoms with van der Waals surface area (Å²) in [4.78, 5) is 12.3. The summed E-state index contributed by atoms with van der Waals surface area (Å²) >= 11 is 0. The Hall–Kier alpha value is -2.88. The van der Waals surface area contributed by atoms with Gasteiger partial charge in [0, 0.05) is 23.3 Å². The molecule has 2 heterocycles. The van der Waals surface area contributed by atoms with Crippen LogP contribution in [0.2, 0.25) is 0 Å². The van der Waals surface area contributed by atoms with E-state index in [2.05, 4.69) is 0 Å². The maximum absolute atomic E-state index is 12.3. The Morgan fingerprint density at radius 1 is 1.00 bits per heavy atom. The van der Waals surface area contributed by atoms with Gasteiger partial charge in [-0.2, -0.15) is 0 Å². The van der Waals surface area contributed by atoms with Crippen LogP contribution in [0.1, 0.15) is 30.9 Å². The number of aryl methyl sites for hydroxylation is 2. The number of ether oxygens (including phenoxy) is 1. The van der Waals surface area contributed by atoms with Crippen molar-refractivity contribution in [2.75, 3.05) is 0 Å². The average molecular weight is 322 g/mol. The van der Waals surface area contributed by atoms with Gasteiger partial charge in [0.1, 0.15) is 11.5 Å². The number of carbonyl (C=O) groups is 1. The minimum Gasteiger partial charge on any atom is -0.871 e. The fourth-order valence-electron chi connectivity index (χ4n) is 2.84. The van der Waals surface area contributed by atoms with E-state index >= 15 is 0 Å². The molecule has 0 spiro atoms. The van der Waals surface area contributed by atoms with Gasteiger partial charge in [0.15, 0.2) is 5.78 Å². The van der Waals surface area contributed by atoms with Crippen molar-refractivity contribution < 1.29 is 19.1 Å². The van der Waals surface area contributed by atoms with Crippen LogP contribution in [0, 0.1) is 13.8 Å². The van der Waals surface area contributed by atoms with E-state index in [-0.39, 0.29) is 22.7 Å². The number of hydrogen-bond acceptors (Lipinski definition) is 3. The van der Waals surface area contributed by atoms with Gasteiger partial charge < -0.3 is 9.84 Å². The van der Waals surface area contributed by atoms with Gasteiger partial charge in [0.2, 0.25) is 0 Å². The summed E-state index contributed by atoms with van der Waals surface area (Å²) in [5.41, 5.74) is 2.00. The van der Waals surface area contributed by atoms with E-state index < -0.39 is 0 Å². The van der Waals surface area contributed by atoms with Crippen LogP contribution in [0.15, 0.2) is 68.8 Å². The van der Waals surface area contributed by atoms with Crippen molar-refractivity contribution in [3.05, 3.63) is 81.4 Å². The highest BCUT2D eigenvalue weighted by Crippen LogP contribution is 2.31. The van der Waals surface area contributed by atoms with E-state index in [1.807, 2.05) is 27.7 Å². The second kappa shape index (κ2) is 5.96. The Morgan fingerprint density at radius 2 is 1.58 bits per heavy atom. The van der Waals surface area contributed by atoms with Crippen LogP contribution in [-0.4, -0.2) is 5.78 Å². The molecule has 1 aromatic heterocycles. The van der Waals surface area contributed by atoms with Gasteiger partial charge in [-0.15, -0.1) is 0 Å². The third-order valence-corrected chi connectivity index (χ3v) is 3.72. The Balaban J connectivity index is 1.94. The van der Waals surface area contributed by atoms with Crippen LogP contribution in [0.25, 0.3) is 6.08 Å². The van der Waals surface area contributed by atoms with Gasteiger partial charge in [0.25, 0.3) is 0 Å². The molecule has 0 radical (unpaired) electrons. The van der Waals surface area contributed by atoms with Crippen LogP contribution in [-0.2, 0) is 9.53 Å². The zero-order valence-electron chi connectivity index (χ0n) is 14.1. The van der Waals surface area contributed by atoms with Crippen molar-refractivity contribution in [1.82, 2.24) is 0 Å². The quantitative estimate of drug-likeness (QED) is 0.617. The number of ketones is 1. The molecule has 0 unspecified atom stereocenters. The summed E-state index contributed by atoms with van der Waals surface area (Å²) in [7, 11) is 0. The minimum absolute atomic E-state index is 0.209. The molecule has 0 fully saturated rings. The van der Waals surface area contributed by atoms with Crippen molar-refractivity contribution in [3.8, 4) is 0 Å². The molecular formula is C20H18O4. The Kier molecular flexibility index (Phi) is 3.97. The van der Waals surface area contributed by atoms with Gasteiger partial charge in [0.05, 0.1) is 13.8 Å². The van der Waals surface area contributed by atoms with Crippen molar-refractivity contribution in [2.45, 2.75) is 27.7 Å². The number of rotatable bonds is 2. The van der Waals surface area contributed by atoms with Crippen LogP contribution < -0.4 is 5.11 Å². The highest BCUT2D eigenvalue weighted by Gasteiger charge is 2.26. The van der Waals surface area contributed by atoms with Gasteiger partial charge in [-0.25, -0.2) is 4.42 Å². The van der Waals surface area contributed by atoms with Crippen molar-refractivity contribution in [2.24, 2.45) is 0 Å². The maximum atomic E-state index is 12.3. The fraction of sp³-hybridized carbons (Fsp3) is 0.200. The molecule has 24 heavy (non-hydrogen) atoms. The van der Waals surface area contributed by atoms with Crippen molar-refractivity contribution in [1.29, 1.82) is 0 Å². The molecule has 0 atom stereocenters. The van der Waals surface area contributed by atoms with Gasteiger partial charge in [-0.05, 0) is 49.3 Å². The highest BCUT2D eigenvalue weighted by atomic mass is 16.5. The SMILES string of the molecule is CC1=CC(=CC2=C([O-])C(=Cc3cc(C)[o+]c(C)c3)C2=O)C=C(C)O1. The lowest BCUT2D eigenvalue weighted by molar-refractivity contribution is -0.300. The predicted octanol–water partition coefficient (Wildman–Crippen LogP) is 3.52. The molecule has 0 aromatic carbocycles. The first-order chi connectivity index (χ1) is 11.3. The average Bonchev–Trinajstić information content (AvgIpc) is 2.48. The summed E-state index contributed by atoms with van der Waals surface area (Å²) in [6.07, 6.45) is 6.84. The number of hydrogen-bond donors (Lipinski definition) is 0. The zero-order chi connectivity index (χ0) is 17.4. The lowest BCUT2D eigenvalue weighted by Crippen LogP contribution is -2.29. The van der Waals surface area contributed by atoms with E-state index in [0.29, 0.717) is 0 Å². The van der Waals surface area contributed by atoms with Crippen LogP contribution in [0.5, 0.6) is 0 Å². The molecule has 122 valence electrons. The van der Waals surface area contributed by atoms with Gasteiger partial charge >= 0.3 is 11.5 Å². The molecule has 0 bridgehead atoms. The first-order valence-corrected chi connectivity index (χ1v) is 7.69. The van der Waals surface area contributed by atoms with Crippen LogP contribution in [0.3, 0.4) is 0 Å². The van der Waals surface area contributed by atoms with Crippen molar-refractivity contribution in [3.63, 3.8) is 0 Å². The minimum atomic E-state index is -0.229. The van der Waals surface area contributed by atoms with Crippen LogP contribution >= 0.6 is 0 Å². The van der Waals surface area contributed by atoms with E-state index in [1.54, 1.807) is 36.4 Å². The largest absolute Gasteiger partial charge is 0.871 e. The molecular weight excluding hydrogens is 304 g/mol. The molecule has 0 saturated carbocycles. The molecule has 1 aliphatic heterocycles. The third-order valence-electron chi connectivity index (χ3n) is 3.72. The summed E-state index contributed by atoms with van der Waals surface area (Å²) < 4.78 is 10.8. The topological polar surface area (TPSA) is 60.7 Å². The first kappa shape index (κ1) is 16.0. The summed E-state index contributed by atoms with van der Waals surface area (Å²) in [6.45, 7) is 7.32. The Bertz CT molecular complexity index is 852. The standard InChI is InChI=1S/C20H18O4/c1-11-5-15(6-12(2)23-11)9-17-19(21)18(20(17)22)10-16-7-13(3)24-14(4)8-16/h5-10H,1-4H3. The van der Waals surface area contributed by atoms with Gasteiger partial charge in [-0.1, -0.05) is 5.76 Å². The maximum Gasteiger partial charge on any atom is 0.327 e. The molecule has 1 aliphatic carbocycles. The summed E-state index contributed by atoms with van der Waals surface area (Å²) in [5.74, 6) is 2.47. The van der Waals surface area contributed by atoms with Crippen molar-refractivity contribution >= 4 is 11.9 Å². The number of carbonyl (C=O) groups excluding carboxylic acids is 1. The third kappa shape index (κ3) is 3.08. The van der Waals surface area contributed by atoms with E-state index in [0.717, 1.165) is 34.2 Å². The molecule has 4 nitrogen and oxygen atoms in total. The Labute approximate surface area is 140 Å². The normalized spacial score (nSPS) is 18.9. The van der Waals surface area contributed by atoms with Crippen LogP contribution in [0.4, 0.5) is 0 Å². The monoisotopic (exact) mass is 322 g/mol. The molecule has 4 heteroatoms. The summed E-state index contributed by atoms with van der Waals surface area (Å²) in [5, 5.41) is 12.3. The smallest absolute Gasteiger partial charge is 0.327 e. The molecule has 0 saturated heterocycles.